The van der Waals surface area contributed by atoms with Gasteiger partial charge in [0, 0.05) is 45.0 Å². The molecule has 2 aliphatic rings. The summed E-state index contributed by atoms with van der Waals surface area (Å²) in [7, 11) is 0. The third-order valence-electron chi connectivity index (χ3n) is 21.8. The molecular formula is C98H79BN2. The SMILES string of the molecule is CC(C)(C)c1ccc(-c2cc3c4c(c2)N(c2c(-c5ccccc5)cc(C(C)(C)C)cc2-c2ccccc2)c2ccc(-c5cc6cccc7c8cccc9cccc(c(c5)c67)c98)cc2B4c2cc(-c4ccccc4)ccc2N3c2c(-c3ccccc3)cc(C(C)(C)C)cc2-c2ccccc2)cc1. The number of fused-ring (bicyclic) bond motifs is 6. The molecule has 0 saturated heterocycles. The van der Waals surface area contributed by atoms with Crippen LogP contribution in [0.1, 0.15) is 79.0 Å². The summed E-state index contributed by atoms with van der Waals surface area (Å²) in [4.78, 5) is 5.43. The van der Waals surface area contributed by atoms with E-state index in [9.17, 15) is 0 Å². The van der Waals surface area contributed by atoms with Crippen molar-refractivity contribution in [3.05, 3.63) is 332 Å². The Morgan fingerprint density at radius 1 is 0.228 bits per heavy atom. The number of hydrogen-bond acceptors (Lipinski definition) is 2. The normalized spacial score (nSPS) is 12.9. The van der Waals surface area contributed by atoms with E-state index in [1.54, 1.807) is 0 Å². The second-order valence-electron chi connectivity index (χ2n) is 31.2. The molecule has 101 heavy (non-hydrogen) atoms. The van der Waals surface area contributed by atoms with Crippen LogP contribution in [0.3, 0.4) is 0 Å². The van der Waals surface area contributed by atoms with E-state index in [4.69, 9.17) is 0 Å². The van der Waals surface area contributed by atoms with E-state index in [1.807, 2.05) is 0 Å². The molecule has 0 spiro atoms. The minimum absolute atomic E-state index is 0.0415. The monoisotopic (exact) mass is 1290 g/mol. The van der Waals surface area contributed by atoms with Crippen molar-refractivity contribution in [2.24, 2.45) is 0 Å². The van der Waals surface area contributed by atoms with Crippen LogP contribution < -0.4 is 26.2 Å². The van der Waals surface area contributed by atoms with Gasteiger partial charge in [0.05, 0.1) is 11.4 Å². The summed E-state index contributed by atoms with van der Waals surface area (Å²) in [5.74, 6) is 0. The van der Waals surface area contributed by atoms with Crippen LogP contribution in [0.2, 0.25) is 0 Å². The highest BCUT2D eigenvalue weighted by atomic mass is 15.2. The predicted molar refractivity (Wildman–Crippen MR) is 436 cm³/mol. The molecule has 484 valence electrons. The minimum Gasteiger partial charge on any atom is -0.310 e. The molecule has 2 nitrogen and oxygen atoms in total. The van der Waals surface area contributed by atoms with Gasteiger partial charge in [0.2, 0.25) is 0 Å². The zero-order chi connectivity index (χ0) is 68.6. The first kappa shape index (κ1) is 61.8. The first-order chi connectivity index (χ1) is 49.0. The first-order valence-electron chi connectivity index (χ1n) is 35.9. The fourth-order valence-corrected chi connectivity index (χ4v) is 16.6. The molecule has 0 radical (unpaired) electrons. The Bertz CT molecular complexity index is 5770. The van der Waals surface area contributed by atoms with Crippen molar-refractivity contribution in [1.82, 2.24) is 0 Å². The van der Waals surface area contributed by atoms with Crippen molar-refractivity contribution < 1.29 is 0 Å². The van der Waals surface area contributed by atoms with E-state index < -0.39 is 0 Å². The lowest BCUT2D eigenvalue weighted by atomic mass is 9.33. The molecule has 16 aromatic rings. The first-order valence-corrected chi connectivity index (χ1v) is 35.9. The van der Waals surface area contributed by atoms with Gasteiger partial charge in [-0.1, -0.05) is 317 Å². The van der Waals surface area contributed by atoms with Crippen LogP contribution in [0.15, 0.2) is 315 Å². The van der Waals surface area contributed by atoms with Gasteiger partial charge in [-0.25, -0.2) is 0 Å². The van der Waals surface area contributed by atoms with Crippen LogP contribution in [0, 0.1) is 0 Å². The zero-order valence-electron chi connectivity index (χ0n) is 59.0. The summed E-state index contributed by atoms with van der Waals surface area (Å²) in [5.41, 5.74) is 30.4. The Balaban J connectivity index is 1.03. The van der Waals surface area contributed by atoms with E-state index in [-0.39, 0.29) is 23.0 Å². The maximum atomic E-state index is 2.72. The van der Waals surface area contributed by atoms with Crippen LogP contribution in [0.4, 0.5) is 34.1 Å². The molecular weight excluding hydrogens is 1220 g/mol. The molecule has 0 aromatic heterocycles. The van der Waals surface area contributed by atoms with Gasteiger partial charge < -0.3 is 9.80 Å². The summed E-state index contributed by atoms with van der Waals surface area (Å²) in [6.07, 6.45) is 0. The van der Waals surface area contributed by atoms with Gasteiger partial charge in [-0.2, -0.15) is 0 Å². The van der Waals surface area contributed by atoms with E-state index in [2.05, 4.69) is 388 Å². The molecule has 0 aliphatic carbocycles. The van der Waals surface area contributed by atoms with E-state index in [0.29, 0.717) is 0 Å². The summed E-state index contributed by atoms with van der Waals surface area (Å²) < 4.78 is 0. The van der Waals surface area contributed by atoms with Gasteiger partial charge in [-0.05, 0) is 209 Å². The Kier molecular flexibility index (Phi) is 14.4. The van der Waals surface area contributed by atoms with Gasteiger partial charge in [0.25, 0.3) is 6.71 Å². The largest absolute Gasteiger partial charge is 0.310 e. The van der Waals surface area contributed by atoms with Crippen LogP contribution in [-0.2, 0) is 16.2 Å². The van der Waals surface area contributed by atoms with Crippen molar-refractivity contribution in [3.8, 4) is 77.9 Å². The van der Waals surface area contributed by atoms with Gasteiger partial charge in [0.1, 0.15) is 0 Å². The van der Waals surface area contributed by atoms with Crippen molar-refractivity contribution in [2.75, 3.05) is 9.80 Å². The molecule has 2 aliphatic heterocycles. The third-order valence-corrected chi connectivity index (χ3v) is 21.8. The molecule has 0 fully saturated rings. The van der Waals surface area contributed by atoms with Crippen LogP contribution in [0.5, 0.6) is 0 Å². The summed E-state index contributed by atoms with van der Waals surface area (Å²) in [5, 5.41) is 10.3. The van der Waals surface area contributed by atoms with Gasteiger partial charge in [0.15, 0.2) is 0 Å². The Labute approximate surface area is 594 Å². The number of hydrogen-bond donors (Lipinski definition) is 0. The second kappa shape index (κ2) is 23.6. The average Bonchev–Trinajstić information content (AvgIpc) is 0.690. The maximum absolute atomic E-state index is 2.72. The molecule has 0 unspecified atom stereocenters. The smallest absolute Gasteiger partial charge is 0.252 e. The van der Waals surface area contributed by atoms with Crippen molar-refractivity contribution >= 4 is 100 Å². The van der Waals surface area contributed by atoms with Gasteiger partial charge in [-0.3, -0.25) is 0 Å². The number of nitrogens with zero attached hydrogens (tertiary/aromatic N) is 2. The summed E-state index contributed by atoms with van der Waals surface area (Å²) in [6.45, 7) is 20.8. The van der Waals surface area contributed by atoms with E-state index >= 15 is 0 Å². The van der Waals surface area contributed by atoms with Crippen LogP contribution in [-0.4, -0.2) is 6.71 Å². The van der Waals surface area contributed by atoms with E-state index in [1.165, 1.54) is 121 Å². The number of anilines is 6. The van der Waals surface area contributed by atoms with Gasteiger partial charge in [-0.15, -0.1) is 0 Å². The van der Waals surface area contributed by atoms with Crippen molar-refractivity contribution in [3.63, 3.8) is 0 Å². The van der Waals surface area contributed by atoms with Crippen LogP contribution >= 0.6 is 0 Å². The molecule has 0 N–H and O–H groups in total. The summed E-state index contributed by atoms with van der Waals surface area (Å²) in [6, 6.07) is 121. The molecule has 3 heteroatoms. The van der Waals surface area contributed by atoms with Crippen molar-refractivity contribution in [1.29, 1.82) is 0 Å². The Morgan fingerprint density at radius 2 is 0.564 bits per heavy atom. The molecule has 2 heterocycles. The number of rotatable bonds is 9. The summed E-state index contributed by atoms with van der Waals surface area (Å²) >= 11 is 0. The van der Waals surface area contributed by atoms with Crippen molar-refractivity contribution in [2.45, 2.75) is 78.6 Å². The fraction of sp³-hybridized carbons (Fsp3) is 0.122. The maximum Gasteiger partial charge on any atom is 0.252 e. The Hall–Kier alpha value is -11.5. The second-order valence-corrected chi connectivity index (χ2v) is 31.2. The highest BCUT2D eigenvalue weighted by Gasteiger charge is 2.46. The zero-order valence-corrected chi connectivity index (χ0v) is 59.0. The fourth-order valence-electron chi connectivity index (χ4n) is 16.6. The average molecular weight is 1300 g/mol. The lowest BCUT2D eigenvalue weighted by molar-refractivity contribution is 0.590. The standard InChI is InChI=1S/C98H79BN2/c1-96(2,3)74-48-44-63(45-49-74)73-56-89-93-90(57-73)101(95-82(66-34-21-13-22-35-66)60-76(98(7,8)9)61-83(95)67-36-23-14-24-37-67)88-51-47-70(72-52-71-40-27-42-78-77-41-25-38-68-39-26-43-79(91(68)77)84(53-72)92(71)78)55-86(88)99(93)85-54-69(62-28-15-10-16-29-62)46-50-87(85)100(89)94-80(64-30-17-11-18-31-64)58-75(97(4,5)6)59-81(94)65-32-19-12-20-33-65/h10-61H,1-9H3. The van der Waals surface area contributed by atoms with Crippen LogP contribution in [0.25, 0.3) is 121 Å². The molecule has 0 bridgehead atoms. The molecule has 0 amide bonds. The third kappa shape index (κ3) is 10.4. The highest BCUT2D eigenvalue weighted by Crippen LogP contribution is 2.56. The molecule has 0 saturated carbocycles. The lowest BCUT2D eigenvalue weighted by Gasteiger charge is -2.46. The predicted octanol–water partition coefficient (Wildman–Crippen LogP) is 25.4. The number of benzene rings is 16. The topological polar surface area (TPSA) is 6.48 Å². The quantitative estimate of drug-likeness (QED) is 0.0807. The van der Waals surface area contributed by atoms with E-state index in [0.717, 1.165) is 67.5 Å². The van der Waals surface area contributed by atoms with Gasteiger partial charge >= 0.3 is 0 Å². The molecule has 16 aromatic carbocycles. The molecule has 18 rings (SSSR count). The Morgan fingerprint density at radius 3 is 0.970 bits per heavy atom. The lowest BCUT2D eigenvalue weighted by Crippen LogP contribution is -2.61. The molecule has 0 atom stereocenters. The highest BCUT2D eigenvalue weighted by molar-refractivity contribution is 7.00. The minimum atomic E-state index is -0.257.